The molecule has 3 atom stereocenters. The van der Waals surface area contributed by atoms with Crippen LogP contribution >= 0.6 is 11.6 Å². The van der Waals surface area contributed by atoms with Gasteiger partial charge >= 0.3 is 17.3 Å². The summed E-state index contributed by atoms with van der Waals surface area (Å²) < 4.78 is 21.5. The molecule has 1 fully saturated rings. The Bertz CT molecular complexity index is 724. The summed E-state index contributed by atoms with van der Waals surface area (Å²) >= 11 is 5.58. The van der Waals surface area contributed by atoms with Crippen molar-refractivity contribution in [3.63, 3.8) is 0 Å². The predicted molar refractivity (Wildman–Crippen MR) is 96.9 cm³/mol. The minimum atomic E-state index is -0.931. The van der Waals surface area contributed by atoms with Gasteiger partial charge in [0.15, 0.2) is 6.10 Å². The highest BCUT2D eigenvalue weighted by Gasteiger charge is 2.37. The van der Waals surface area contributed by atoms with Crippen molar-refractivity contribution < 1.29 is 33.3 Å². The number of nitrogens with zero attached hydrogens (tertiary/aromatic N) is 1. The molecule has 8 nitrogen and oxygen atoms in total. The zero-order valence-electron chi connectivity index (χ0n) is 15.6. The van der Waals surface area contributed by atoms with Gasteiger partial charge in [-0.15, -0.1) is 0 Å². The maximum atomic E-state index is 11.9. The number of halogens is 1. The number of hydrogen-bond donors (Lipinski definition) is 0. The molecule has 0 aromatic heterocycles. The van der Waals surface area contributed by atoms with Gasteiger partial charge in [0.1, 0.15) is 11.9 Å². The van der Waals surface area contributed by atoms with Crippen LogP contribution in [-0.2, 0) is 23.8 Å². The fourth-order valence-corrected chi connectivity index (χ4v) is 2.85. The zero-order valence-corrected chi connectivity index (χ0v) is 16.3. The number of carbonyl (C=O) groups is 3. The Kier molecular flexibility index (Phi) is 7.04. The van der Waals surface area contributed by atoms with Crippen LogP contribution in [0.2, 0.25) is 0 Å². The van der Waals surface area contributed by atoms with E-state index < -0.39 is 35.8 Å². The van der Waals surface area contributed by atoms with Gasteiger partial charge in [-0.1, -0.05) is 6.07 Å². The Labute approximate surface area is 162 Å². The summed E-state index contributed by atoms with van der Waals surface area (Å²) in [5.74, 6) is -0.709. The van der Waals surface area contributed by atoms with Gasteiger partial charge in [-0.05, 0) is 36.2 Å². The molecule has 0 N–H and O–H groups in total. The van der Waals surface area contributed by atoms with Gasteiger partial charge in [0.05, 0.1) is 12.8 Å². The van der Waals surface area contributed by atoms with Gasteiger partial charge in [-0.25, -0.2) is 4.79 Å². The van der Waals surface area contributed by atoms with E-state index in [0.717, 1.165) is 5.56 Å². The second kappa shape index (κ2) is 9.05. The van der Waals surface area contributed by atoms with Crippen molar-refractivity contribution in [3.8, 4) is 5.75 Å². The van der Waals surface area contributed by atoms with Gasteiger partial charge < -0.3 is 18.9 Å². The standard InChI is InChI=1S/C18H22ClNO7/c1-10-5-6-14(13(7-10)20(3)18(19)23)26-16-9-12(25-11(2)21)8-15(27-16)17(22)24-4/h5-7,12,15-16H,8-9H2,1-4H3. The lowest BCUT2D eigenvalue weighted by Crippen LogP contribution is -2.44. The number of ether oxygens (including phenoxy) is 4. The molecule has 2 rings (SSSR count). The van der Waals surface area contributed by atoms with E-state index in [2.05, 4.69) is 0 Å². The summed E-state index contributed by atoms with van der Waals surface area (Å²) in [7, 11) is 2.76. The molecule has 1 saturated heterocycles. The normalized spacial score (nSPS) is 21.9. The van der Waals surface area contributed by atoms with Crippen LogP contribution in [0, 0.1) is 6.92 Å². The number of benzene rings is 1. The van der Waals surface area contributed by atoms with E-state index >= 15 is 0 Å². The van der Waals surface area contributed by atoms with Crippen LogP contribution in [0.25, 0.3) is 0 Å². The molecule has 3 unspecified atom stereocenters. The van der Waals surface area contributed by atoms with Crippen molar-refractivity contribution in [1.82, 2.24) is 0 Å². The molecule has 9 heteroatoms. The number of hydrogen-bond acceptors (Lipinski definition) is 7. The van der Waals surface area contributed by atoms with Crippen LogP contribution in [0.1, 0.15) is 25.3 Å². The summed E-state index contributed by atoms with van der Waals surface area (Å²) in [4.78, 5) is 36.0. The fraction of sp³-hybridized carbons (Fsp3) is 0.500. The molecule has 0 aliphatic carbocycles. The summed E-state index contributed by atoms with van der Waals surface area (Å²) in [6.45, 7) is 3.15. The fourth-order valence-electron chi connectivity index (χ4n) is 2.76. The molecule has 27 heavy (non-hydrogen) atoms. The number of carbonyl (C=O) groups excluding carboxylic acids is 3. The van der Waals surface area contributed by atoms with E-state index in [4.69, 9.17) is 30.5 Å². The lowest BCUT2D eigenvalue weighted by Gasteiger charge is -2.34. The van der Waals surface area contributed by atoms with E-state index in [-0.39, 0.29) is 12.8 Å². The molecule has 148 valence electrons. The lowest BCUT2D eigenvalue weighted by atomic mass is 10.0. The van der Waals surface area contributed by atoms with Crippen LogP contribution in [0.15, 0.2) is 18.2 Å². The summed E-state index contributed by atoms with van der Waals surface area (Å²) in [6.07, 6.45) is -1.98. The number of amides is 1. The summed E-state index contributed by atoms with van der Waals surface area (Å²) in [5, 5.41) is -0.680. The first-order valence-corrected chi connectivity index (χ1v) is 8.70. The lowest BCUT2D eigenvalue weighted by molar-refractivity contribution is -0.204. The largest absolute Gasteiger partial charge is 0.467 e. The van der Waals surface area contributed by atoms with Crippen molar-refractivity contribution in [2.75, 3.05) is 19.1 Å². The highest BCUT2D eigenvalue weighted by Crippen LogP contribution is 2.33. The number of rotatable bonds is 5. The third-order valence-electron chi connectivity index (χ3n) is 4.04. The zero-order chi connectivity index (χ0) is 20.1. The SMILES string of the molecule is COC(=O)C1CC(OC(C)=O)CC(Oc2ccc(C)cc2N(C)C(=O)Cl)O1. The van der Waals surface area contributed by atoms with Crippen LogP contribution in [-0.4, -0.2) is 50.0 Å². The third kappa shape index (κ3) is 5.58. The molecule has 1 aliphatic rings. The van der Waals surface area contributed by atoms with Gasteiger partial charge in [0.2, 0.25) is 6.29 Å². The average Bonchev–Trinajstić information content (AvgIpc) is 2.61. The molecule has 1 aromatic carbocycles. The highest BCUT2D eigenvalue weighted by molar-refractivity contribution is 6.66. The summed E-state index contributed by atoms with van der Waals surface area (Å²) in [6, 6.07) is 5.21. The van der Waals surface area contributed by atoms with Crippen LogP contribution in [0.3, 0.4) is 0 Å². The Balaban J connectivity index is 2.24. The van der Waals surface area contributed by atoms with Crippen LogP contribution < -0.4 is 9.64 Å². The average molecular weight is 400 g/mol. The Hall–Kier alpha value is -2.32. The third-order valence-corrected chi connectivity index (χ3v) is 4.30. The van der Waals surface area contributed by atoms with E-state index in [9.17, 15) is 14.4 Å². The maximum absolute atomic E-state index is 11.9. The molecular formula is C18H22ClNO7. The van der Waals surface area contributed by atoms with Crippen LogP contribution in [0.4, 0.5) is 10.5 Å². The quantitative estimate of drug-likeness (QED) is 0.427. The Morgan fingerprint density at radius 3 is 2.56 bits per heavy atom. The molecule has 1 aromatic rings. The summed E-state index contributed by atoms with van der Waals surface area (Å²) in [5.41, 5.74) is 1.35. The number of methoxy groups -OCH3 is 1. The predicted octanol–water partition coefficient (Wildman–Crippen LogP) is 2.78. The first-order valence-electron chi connectivity index (χ1n) is 8.32. The molecule has 1 aliphatic heterocycles. The van der Waals surface area contributed by atoms with Gasteiger partial charge in [-0.2, -0.15) is 0 Å². The smallest absolute Gasteiger partial charge is 0.335 e. The van der Waals surface area contributed by atoms with Crippen molar-refractivity contribution in [3.05, 3.63) is 23.8 Å². The molecular weight excluding hydrogens is 378 g/mol. The van der Waals surface area contributed by atoms with E-state index in [1.807, 2.05) is 6.92 Å². The van der Waals surface area contributed by atoms with Gasteiger partial charge in [0.25, 0.3) is 0 Å². The van der Waals surface area contributed by atoms with Crippen molar-refractivity contribution in [1.29, 1.82) is 0 Å². The molecule has 0 saturated carbocycles. The molecule has 0 radical (unpaired) electrons. The van der Waals surface area contributed by atoms with E-state index in [0.29, 0.717) is 11.4 Å². The monoisotopic (exact) mass is 399 g/mol. The van der Waals surface area contributed by atoms with Gasteiger partial charge in [-0.3, -0.25) is 14.5 Å². The number of aryl methyl sites for hydroxylation is 1. The maximum Gasteiger partial charge on any atom is 0.335 e. The second-order valence-corrected chi connectivity index (χ2v) is 6.50. The van der Waals surface area contributed by atoms with Gasteiger partial charge in [0, 0.05) is 26.8 Å². The van der Waals surface area contributed by atoms with Crippen molar-refractivity contribution in [2.24, 2.45) is 0 Å². The van der Waals surface area contributed by atoms with Crippen molar-refractivity contribution >= 4 is 34.6 Å². The Morgan fingerprint density at radius 1 is 1.26 bits per heavy atom. The van der Waals surface area contributed by atoms with E-state index in [1.54, 1.807) is 18.2 Å². The Morgan fingerprint density at radius 2 is 1.96 bits per heavy atom. The minimum absolute atomic E-state index is 0.174. The first kappa shape index (κ1) is 21.0. The number of anilines is 1. The number of esters is 2. The van der Waals surface area contributed by atoms with Crippen LogP contribution in [0.5, 0.6) is 5.75 Å². The first-order chi connectivity index (χ1) is 12.7. The molecule has 0 spiro atoms. The van der Waals surface area contributed by atoms with Crippen molar-refractivity contribution in [2.45, 2.75) is 45.2 Å². The molecule has 1 heterocycles. The van der Waals surface area contributed by atoms with E-state index in [1.165, 1.54) is 26.0 Å². The minimum Gasteiger partial charge on any atom is -0.467 e. The second-order valence-electron chi connectivity index (χ2n) is 6.18. The molecule has 1 amide bonds. The topological polar surface area (TPSA) is 91.4 Å². The molecule has 0 bridgehead atoms. The highest BCUT2D eigenvalue weighted by atomic mass is 35.5.